The van der Waals surface area contributed by atoms with E-state index < -0.39 is 4.92 Å². The van der Waals surface area contributed by atoms with E-state index in [0.29, 0.717) is 5.69 Å². The third-order valence-corrected chi connectivity index (χ3v) is 4.79. The molecule has 0 bridgehead atoms. The van der Waals surface area contributed by atoms with Crippen molar-refractivity contribution < 1.29 is 9.31 Å². The number of rotatable bonds is 2. The molecule has 2 aromatic rings. The number of fused-ring (bicyclic) bond motifs is 3. The van der Waals surface area contributed by atoms with Crippen molar-refractivity contribution in [3.63, 3.8) is 0 Å². The van der Waals surface area contributed by atoms with Crippen LogP contribution in [-0.4, -0.2) is 4.92 Å². The lowest BCUT2D eigenvalue weighted by atomic mass is 9.77. The van der Waals surface area contributed by atoms with Crippen LogP contribution in [0.2, 0.25) is 0 Å². The maximum absolute atomic E-state index is 14.2. The fourth-order valence-electron chi connectivity index (χ4n) is 3.75. The number of para-hydroxylation sites is 1. The lowest BCUT2D eigenvalue weighted by Crippen LogP contribution is -2.29. The molecule has 0 amide bonds. The fraction of sp³-hybridized carbons (Fsp3) is 0.222. The van der Waals surface area contributed by atoms with E-state index in [-0.39, 0.29) is 29.4 Å². The smallest absolute Gasteiger partial charge is 0.269 e. The Labute approximate surface area is 132 Å². The van der Waals surface area contributed by atoms with E-state index in [9.17, 15) is 14.5 Å². The number of anilines is 1. The SMILES string of the molecule is O=[N+]([O-])c1cccc(C2Nc3c(F)cccc3C3C=CCC32)c1. The molecule has 4 rings (SSSR count). The molecule has 2 aromatic carbocycles. The lowest BCUT2D eigenvalue weighted by Gasteiger charge is -2.37. The number of hydrogen-bond acceptors (Lipinski definition) is 3. The average Bonchev–Trinajstić information content (AvgIpc) is 3.04. The van der Waals surface area contributed by atoms with Crippen molar-refractivity contribution in [2.75, 3.05) is 5.32 Å². The second-order valence-corrected chi connectivity index (χ2v) is 6.03. The van der Waals surface area contributed by atoms with Crippen LogP contribution in [0.3, 0.4) is 0 Å². The summed E-state index contributed by atoms with van der Waals surface area (Å²) in [5.41, 5.74) is 2.36. The molecule has 0 fully saturated rings. The zero-order valence-corrected chi connectivity index (χ0v) is 12.3. The standard InChI is InChI=1S/C18H15FN2O2/c19-16-9-3-8-15-13-6-2-7-14(13)17(20-18(15)16)11-4-1-5-12(10-11)21(22)23/h1-6,8-10,13-14,17,20H,7H2. The molecule has 1 heterocycles. The number of benzene rings is 2. The molecule has 3 unspecified atom stereocenters. The van der Waals surface area contributed by atoms with Gasteiger partial charge in [0.2, 0.25) is 0 Å². The van der Waals surface area contributed by atoms with Gasteiger partial charge < -0.3 is 5.32 Å². The molecule has 0 saturated heterocycles. The van der Waals surface area contributed by atoms with Crippen molar-refractivity contribution in [2.45, 2.75) is 18.4 Å². The van der Waals surface area contributed by atoms with Gasteiger partial charge in [0.05, 0.1) is 16.7 Å². The Kier molecular flexibility index (Phi) is 3.15. The van der Waals surface area contributed by atoms with Gasteiger partial charge in [0.15, 0.2) is 0 Å². The number of allylic oxidation sites excluding steroid dienone is 2. The molecule has 0 aromatic heterocycles. The van der Waals surface area contributed by atoms with Crippen molar-refractivity contribution in [1.82, 2.24) is 0 Å². The summed E-state index contributed by atoms with van der Waals surface area (Å²) >= 11 is 0. The second-order valence-electron chi connectivity index (χ2n) is 6.03. The summed E-state index contributed by atoms with van der Waals surface area (Å²) in [6, 6.07) is 11.6. The first-order chi connectivity index (χ1) is 11.1. The molecule has 2 aliphatic rings. The summed E-state index contributed by atoms with van der Waals surface area (Å²) in [7, 11) is 0. The average molecular weight is 310 g/mol. The monoisotopic (exact) mass is 310 g/mol. The van der Waals surface area contributed by atoms with Crippen LogP contribution in [0.5, 0.6) is 0 Å². The van der Waals surface area contributed by atoms with E-state index in [4.69, 9.17) is 0 Å². The van der Waals surface area contributed by atoms with Gasteiger partial charge in [-0.2, -0.15) is 0 Å². The van der Waals surface area contributed by atoms with E-state index in [1.54, 1.807) is 18.2 Å². The largest absolute Gasteiger partial charge is 0.375 e. The first kappa shape index (κ1) is 13.9. The quantitative estimate of drug-likeness (QED) is 0.502. The first-order valence-electron chi connectivity index (χ1n) is 7.61. The minimum absolute atomic E-state index is 0.0612. The summed E-state index contributed by atoms with van der Waals surface area (Å²) in [5.74, 6) is 0.106. The first-order valence-corrected chi connectivity index (χ1v) is 7.61. The van der Waals surface area contributed by atoms with Gasteiger partial charge in [-0.1, -0.05) is 36.4 Å². The van der Waals surface area contributed by atoms with Crippen LogP contribution in [0.15, 0.2) is 54.6 Å². The summed E-state index contributed by atoms with van der Waals surface area (Å²) in [5, 5.41) is 14.3. The van der Waals surface area contributed by atoms with Gasteiger partial charge in [-0.15, -0.1) is 0 Å². The van der Waals surface area contributed by atoms with E-state index in [2.05, 4.69) is 17.5 Å². The highest BCUT2D eigenvalue weighted by molar-refractivity contribution is 5.60. The molecule has 1 aliphatic heterocycles. The van der Waals surface area contributed by atoms with Gasteiger partial charge >= 0.3 is 0 Å². The van der Waals surface area contributed by atoms with Crippen LogP contribution >= 0.6 is 0 Å². The minimum atomic E-state index is -0.398. The minimum Gasteiger partial charge on any atom is -0.375 e. The van der Waals surface area contributed by atoms with Gasteiger partial charge in [0.25, 0.3) is 5.69 Å². The second kappa shape index (κ2) is 5.19. The predicted octanol–water partition coefficient (Wildman–Crippen LogP) is 4.56. The zero-order valence-electron chi connectivity index (χ0n) is 12.3. The van der Waals surface area contributed by atoms with Crippen molar-refractivity contribution in [1.29, 1.82) is 0 Å². The number of hydrogen-bond donors (Lipinski definition) is 1. The lowest BCUT2D eigenvalue weighted by molar-refractivity contribution is -0.384. The number of nitro benzene ring substituents is 1. The van der Waals surface area contributed by atoms with Gasteiger partial charge in [-0.25, -0.2) is 4.39 Å². The third-order valence-electron chi connectivity index (χ3n) is 4.79. The molecule has 1 aliphatic carbocycles. The number of nitrogens with zero attached hydrogens (tertiary/aromatic N) is 1. The molecular formula is C18H15FN2O2. The molecule has 3 atom stereocenters. The zero-order chi connectivity index (χ0) is 16.0. The topological polar surface area (TPSA) is 55.2 Å². The van der Waals surface area contributed by atoms with Crippen molar-refractivity contribution in [2.24, 2.45) is 5.92 Å². The van der Waals surface area contributed by atoms with Crippen LogP contribution in [0.25, 0.3) is 0 Å². The number of halogens is 1. The van der Waals surface area contributed by atoms with Gasteiger partial charge in [-0.05, 0) is 29.5 Å². The third kappa shape index (κ3) is 2.20. The van der Waals surface area contributed by atoms with Crippen LogP contribution in [0, 0.1) is 21.8 Å². The Morgan fingerprint density at radius 3 is 2.87 bits per heavy atom. The molecule has 23 heavy (non-hydrogen) atoms. The highest BCUT2D eigenvalue weighted by atomic mass is 19.1. The van der Waals surface area contributed by atoms with Gasteiger partial charge in [0, 0.05) is 18.1 Å². The molecule has 1 N–H and O–H groups in total. The van der Waals surface area contributed by atoms with E-state index >= 15 is 0 Å². The van der Waals surface area contributed by atoms with Crippen molar-refractivity contribution >= 4 is 11.4 Å². The molecule has 116 valence electrons. The Bertz CT molecular complexity index is 818. The summed E-state index contributed by atoms with van der Waals surface area (Å²) < 4.78 is 14.2. The Balaban J connectivity index is 1.80. The molecular weight excluding hydrogens is 295 g/mol. The van der Waals surface area contributed by atoms with Crippen molar-refractivity contribution in [3.05, 3.63) is 81.7 Å². The Morgan fingerprint density at radius 2 is 2.04 bits per heavy atom. The van der Waals surface area contributed by atoms with Crippen LogP contribution in [0.1, 0.15) is 29.5 Å². The maximum atomic E-state index is 14.2. The van der Waals surface area contributed by atoms with E-state index in [1.165, 1.54) is 12.1 Å². The van der Waals surface area contributed by atoms with E-state index in [0.717, 1.165) is 17.5 Å². The summed E-state index contributed by atoms with van der Waals surface area (Å²) in [6.07, 6.45) is 5.11. The normalized spacial score (nSPS) is 24.7. The molecule has 5 heteroatoms. The highest BCUT2D eigenvalue weighted by Gasteiger charge is 2.39. The van der Waals surface area contributed by atoms with Gasteiger partial charge in [0.1, 0.15) is 5.82 Å². The van der Waals surface area contributed by atoms with Crippen LogP contribution < -0.4 is 5.32 Å². The van der Waals surface area contributed by atoms with Crippen molar-refractivity contribution in [3.8, 4) is 0 Å². The van der Waals surface area contributed by atoms with Gasteiger partial charge in [-0.3, -0.25) is 10.1 Å². The number of non-ortho nitro benzene ring substituents is 1. The Hall–Kier alpha value is -2.69. The summed E-state index contributed by atoms with van der Waals surface area (Å²) in [6.45, 7) is 0. The predicted molar refractivity (Wildman–Crippen MR) is 85.8 cm³/mol. The highest BCUT2D eigenvalue weighted by Crippen LogP contribution is 2.50. The fourth-order valence-corrected chi connectivity index (χ4v) is 3.75. The molecule has 0 saturated carbocycles. The maximum Gasteiger partial charge on any atom is 0.269 e. The van der Waals surface area contributed by atoms with Crippen LogP contribution in [0.4, 0.5) is 15.8 Å². The van der Waals surface area contributed by atoms with Crippen LogP contribution in [-0.2, 0) is 0 Å². The molecule has 0 spiro atoms. The number of nitrogens with one attached hydrogen (secondary N) is 1. The van der Waals surface area contributed by atoms with E-state index in [1.807, 2.05) is 12.1 Å². The molecule has 0 radical (unpaired) electrons. The number of nitro groups is 1. The Morgan fingerprint density at radius 1 is 1.22 bits per heavy atom. The molecule has 4 nitrogen and oxygen atoms in total. The summed E-state index contributed by atoms with van der Waals surface area (Å²) in [4.78, 5) is 10.6.